The molecule has 108 valence electrons. The van der Waals surface area contributed by atoms with Gasteiger partial charge in [-0.15, -0.1) is 0 Å². The maximum Gasteiger partial charge on any atom is 0.471 e. The van der Waals surface area contributed by atoms with Crippen molar-refractivity contribution in [2.24, 2.45) is 0 Å². The second-order valence-corrected chi connectivity index (χ2v) is 3.51. The molecule has 1 amide bonds. The first-order valence-corrected chi connectivity index (χ1v) is 4.79. The molecule has 0 aliphatic heterocycles. The minimum Gasteiger partial charge on any atom is -0.394 e. The summed E-state index contributed by atoms with van der Waals surface area (Å²) in [7, 11) is 0. The molecule has 0 radical (unpaired) electrons. The summed E-state index contributed by atoms with van der Waals surface area (Å²) >= 11 is 0. The lowest BCUT2D eigenvalue weighted by Gasteiger charge is -2.25. The van der Waals surface area contributed by atoms with E-state index in [0.717, 1.165) is 0 Å². The van der Waals surface area contributed by atoms with E-state index in [-0.39, 0.29) is 0 Å². The van der Waals surface area contributed by atoms with E-state index < -0.39 is 49.7 Å². The van der Waals surface area contributed by atoms with Crippen molar-refractivity contribution in [1.29, 1.82) is 0 Å². The van der Waals surface area contributed by atoms with Gasteiger partial charge >= 0.3 is 12.1 Å². The monoisotopic (exact) mass is 277 g/mol. The van der Waals surface area contributed by atoms with E-state index in [0.29, 0.717) is 0 Å². The summed E-state index contributed by atoms with van der Waals surface area (Å²) in [6.07, 6.45) is -12.8. The van der Waals surface area contributed by atoms with Gasteiger partial charge in [-0.1, -0.05) is 0 Å². The number of aliphatic hydroxyl groups excluding tert-OH is 5. The standard InChI is InChI=1S/C8H14F3NO6/c9-8(10,11)7(18)12-1-3(14)5(16)6(17)4(15)2-13/h3-6,13-17H,1-2H2,(H,12,18). The molecule has 0 fully saturated rings. The van der Waals surface area contributed by atoms with E-state index in [1.54, 1.807) is 0 Å². The molecule has 0 aromatic heterocycles. The first kappa shape index (κ1) is 17.1. The maximum absolute atomic E-state index is 11.8. The van der Waals surface area contributed by atoms with E-state index in [2.05, 4.69) is 0 Å². The fourth-order valence-corrected chi connectivity index (χ4v) is 0.981. The van der Waals surface area contributed by atoms with Gasteiger partial charge in [-0.3, -0.25) is 4.79 Å². The summed E-state index contributed by atoms with van der Waals surface area (Å²) < 4.78 is 35.3. The minimum absolute atomic E-state index is 0.917. The van der Waals surface area contributed by atoms with E-state index >= 15 is 0 Å². The van der Waals surface area contributed by atoms with Crippen molar-refractivity contribution in [1.82, 2.24) is 5.32 Å². The number of alkyl halides is 3. The molecule has 0 aromatic carbocycles. The van der Waals surface area contributed by atoms with Gasteiger partial charge in [0.2, 0.25) is 0 Å². The highest BCUT2D eigenvalue weighted by molar-refractivity contribution is 5.81. The summed E-state index contributed by atoms with van der Waals surface area (Å²) in [6, 6.07) is 0. The second kappa shape index (κ2) is 6.85. The number of rotatable bonds is 6. The molecule has 0 heterocycles. The Hall–Kier alpha value is -0.940. The number of hydrogen-bond donors (Lipinski definition) is 6. The van der Waals surface area contributed by atoms with Crippen LogP contribution in [-0.2, 0) is 4.79 Å². The quantitative estimate of drug-likeness (QED) is 0.309. The Kier molecular flexibility index (Phi) is 6.49. The van der Waals surface area contributed by atoms with Crippen LogP contribution in [0.3, 0.4) is 0 Å². The lowest BCUT2D eigenvalue weighted by atomic mass is 10.0. The highest BCUT2D eigenvalue weighted by atomic mass is 19.4. The van der Waals surface area contributed by atoms with Crippen LogP contribution in [-0.4, -0.2) is 75.2 Å². The van der Waals surface area contributed by atoms with Gasteiger partial charge < -0.3 is 30.8 Å². The number of hydrogen-bond acceptors (Lipinski definition) is 6. The molecule has 0 aliphatic rings. The Balaban J connectivity index is 4.25. The van der Waals surface area contributed by atoms with Gasteiger partial charge in [0.15, 0.2) is 0 Å². The average molecular weight is 277 g/mol. The lowest BCUT2D eigenvalue weighted by Crippen LogP contribution is -2.51. The number of amides is 1. The smallest absolute Gasteiger partial charge is 0.394 e. The fourth-order valence-electron chi connectivity index (χ4n) is 0.981. The Bertz CT molecular complexity index is 274. The Morgan fingerprint density at radius 3 is 1.89 bits per heavy atom. The normalized spacial score (nSPS) is 18.9. The highest BCUT2D eigenvalue weighted by Gasteiger charge is 2.39. The Morgan fingerprint density at radius 2 is 1.50 bits per heavy atom. The summed E-state index contributed by atoms with van der Waals surface area (Å²) in [4.78, 5) is 10.4. The number of nitrogens with one attached hydrogen (secondary N) is 1. The molecule has 0 spiro atoms. The van der Waals surface area contributed by atoms with Crippen LogP contribution in [0.5, 0.6) is 0 Å². The summed E-state index contributed by atoms with van der Waals surface area (Å²) in [6.45, 7) is -1.89. The molecule has 0 rings (SSSR count). The first-order valence-electron chi connectivity index (χ1n) is 4.79. The molecular formula is C8H14F3NO6. The van der Waals surface area contributed by atoms with Gasteiger partial charge in [0.05, 0.1) is 12.7 Å². The summed E-state index contributed by atoms with van der Waals surface area (Å²) in [5, 5.41) is 46.1. The number of aliphatic hydroxyl groups is 5. The number of halogens is 3. The third kappa shape index (κ3) is 5.14. The van der Waals surface area contributed by atoms with Crippen LogP contribution < -0.4 is 5.32 Å². The van der Waals surface area contributed by atoms with Gasteiger partial charge in [0.1, 0.15) is 18.3 Å². The third-order valence-electron chi connectivity index (χ3n) is 2.05. The molecule has 4 atom stereocenters. The SMILES string of the molecule is O=C(NCC(O)C(O)C(O)C(O)CO)C(F)(F)F. The van der Waals surface area contributed by atoms with Crippen LogP contribution in [0.4, 0.5) is 13.2 Å². The van der Waals surface area contributed by atoms with Crippen LogP contribution >= 0.6 is 0 Å². The van der Waals surface area contributed by atoms with Gasteiger partial charge in [0, 0.05) is 6.54 Å². The predicted molar refractivity (Wildman–Crippen MR) is 50.2 cm³/mol. The van der Waals surface area contributed by atoms with Gasteiger partial charge in [-0.05, 0) is 0 Å². The highest BCUT2D eigenvalue weighted by Crippen LogP contribution is 2.14. The molecule has 4 unspecified atom stereocenters. The molecule has 0 bridgehead atoms. The van der Waals surface area contributed by atoms with Gasteiger partial charge in [-0.2, -0.15) is 13.2 Å². The zero-order valence-corrected chi connectivity index (χ0v) is 9.00. The van der Waals surface area contributed by atoms with Crippen molar-refractivity contribution < 1.29 is 43.5 Å². The molecular weight excluding hydrogens is 263 g/mol. The molecule has 6 N–H and O–H groups in total. The van der Waals surface area contributed by atoms with Crippen molar-refractivity contribution in [3.05, 3.63) is 0 Å². The third-order valence-corrected chi connectivity index (χ3v) is 2.05. The Labute approximate surface area is 99.5 Å². The van der Waals surface area contributed by atoms with Gasteiger partial charge in [-0.25, -0.2) is 0 Å². The topological polar surface area (TPSA) is 130 Å². The molecule has 0 saturated heterocycles. The number of carbonyl (C=O) groups excluding carboxylic acids is 1. The zero-order chi connectivity index (χ0) is 14.5. The molecule has 18 heavy (non-hydrogen) atoms. The van der Waals surface area contributed by atoms with Crippen LogP contribution in [0.15, 0.2) is 0 Å². The minimum atomic E-state index is -5.13. The summed E-state index contributed by atoms with van der Waals surface area (Å²) in [5.41, 5.74) is 0. The van der Waals surface area contributed by atoms with E-state index in [9.17, 15) is 23.1 Å². The van der Waals surface area contributed by atoms with E-state index in [4.69, 9.17) is 20.4 Å². The van der Waals surface area contributed by atoms with Crippen molar-refractivity contribution in [3.63, 3.8) is 0 Å². The molecule has 10 heteroatoms. The zero-order valence-electron chi connectivity index (χ0n) is 9.00. The van der Waals surface area contributed by atoms with Gasteiger partial charge in [0.25, 0.3) is 0 Å². The molecule has 7 nitrogen and oxygen atoms in total. The predicted octanol–water partition coefficient (Wildman–Crippen LogP) is -2.90. The fraction of sp³-hybridized carbons (Fsp3) is 0.875. The van der Waals surface area contributed by atoms with E-state index in [1.165, 1.54) is 5.32 Å². The van der Waals surface area contributed by atoms with Crippen LogP contribution in [0, 0.1) is 0 Å². The maximum atomic E-state index is 11.8. The van der Waals surface area contributed by atoms with Crippen molar-refractivity contribution >= 4 is 5.91 Å². The van der Waals surface area contributed by atoms with Crippen LogP contribution in [0.1, 0.15) is 0 Å². The van der Waals surface area contributed by atoms with Crippen molar-refractivity contribution in [2.45, 2.75) is 30.6 Å². The van der Waals surface area contributed by atoms with Crippen molar-refractivity contribution in [3.8, 4) is 0 Å². The molecule has 0 saturated carbocycles. The van der Waals surface area contributed by atoms with Crippen molar-refractivity contribution in [2.75, 3.05) is 13.2 Å². The van der Waals surface area contributed by atoms with Crippen LogP contribution in [0.25, 0.3) is 0 Å². The Morgan fingerprint density at radius 1 is 1.06 bits per heavy atom. The first-order chi connectivity index (χ1) is 8.11. The second-order valence-electron chi connectivity index (χ2n) is 3.51. The largest absolute Gasteiger partial charge is 0.471 e. The van der Waals surface area contributed by atoms with E-state index in [1.807, 2.05) is 0 Å². The average Bonchev–Trinajstić information content (AvgIpc) is 2.31. The lowest BCUT2D eigenvalue weighted by molar-refractivity contribution is -0.174. The van der Waals surface area contributed by atoms with Crippen LogP contribution in [0.2, 0.25) is 0 Å². The molecule has 0 aliphatic carbocycles. The molecule has 0 aromatic rings. The number of carbonyl (C=O) groups is 1. The summed E-state index contributed by atoms with van der Waals surface area (Å²) in [5.74, 6) is -2.31.